The van der Waals surface area contributed by atoms with Gasteiger partial charge >= 0.3 is 0 Å². The summed E-state index contributed by atoms with van der Waals surface area (Å²) >= 11 is 0. The van der Waals surface area contributed by atoms with Crippen LogP contribution < -0.4 is 5.32 Å². The quantitative estimate of drug-likeness (QED) is 0.836. The molecule has 1 N–H and O–H groups in total. The highest BCUT2D eigenvalue weighted by molar-refractivity contribution is 7.86. The van der Waals surface area contributed by atoms with Gasteiger partial charge in [-0.3, -0.25) is 4.79 Å². The summed E-state index contributed by atoms with van der Waals surface area (Å²) in [4.78, 5) is 11.9. The van der Waals surface area contributed by atoms with Gasteiger partial charge in [0.25, 0.3) is 10.2 Å². The Morgan fingerprint density at radius 1 is 1.20 bits per heavy atom. The summed E-state index contributed by atoms with van der Waals surface area (Å²) in [6.07, 6.45) is 0. The molecule has 0 saturated carbocycles. The fourth-order valence-electron chi connectivity index (χ4n) is 1.67. The summed E-state index contributed by atoms with van der Waals surface area (Å²) in [7, 11) is 0.664. The predicted octanol–water partition coefficient (Wildman–Crippen LogP) is 0.602. The second-order valence-electron chi connectivity index (χ2n) is 4.75. The molecule has 0 unspecified atom stereocenters. The average Bonchev–Trinajstić information content (AvgIpc) is 2.39. The van der Waals surface area contributed by atoms with Crippen LogP contribution in [-0.2, 0) is 15.0 Å². The van der Waals surface area contributed by atoms with E-state index in [0.717, 1.165) is 14.2 Å². The van der Waals surface area contributed by atoms with Gasteiger partial charge in [-0.2, -0.15) is 17.0 Å². The lowest BCUT2D eigenvalue weighted by Gasteiger charge is -2.22. The molecule has 1 aromatic rings. The van der Waals surface area contributed by atoms with E-state index in [1.54, 1.807) is 0 Å². The van der Waals surface area contributed by atoms with Crippen LogP contribution >= 0.6 is 0 Å². The first-order chi connectivity index (χ1) is 9.25. The van der Waals surface area contributed by atoms with Gasteiger partial charge < -0.3 is 5.32 Å². The van der Waals surface area contributed by atoms with Gasteiger partial charge in [-0.1, -0.05) is 30.3 Å². The molecule has 20 heavy (non-hydrogen) atoms. The van der Waals surface area contributed by atoms with E-state index in [0.29, 0.717) is 0 Å². The molecule has 0 saturated heterocycles. The fourth-order valence-corrected chi connectivity index (χ4v) is 2.51. The van der Waals surface area contributed by atoms with Crippen molar-refractivity contribution in [2.24, 2.45) is 0 Å². The molecule has 6 nitrogen and oxygen atoms in total. The maximum Gasteiger partial charge on any atom is 0.281 e. The van der Waals surface area contributed by atoms with Crippen molar-refractivity contribution in [3.63, 3.8) is 0 Å². The number of rotatable bonds is 6. The van der Waals surface area contributed by atoms with Gasteiger partial charge in [0.1, 0.15) is 0 Å². The molecular formula is C13H21N3O3S. The zero-order valence-corrected chi connectivity index (χ0v) is 13.0. The van der Waals surface area contributed by atoms with Crippen LogP contribution in [0.4, 0.5) is 0 Å². The molecule has 1 atom stereocenters. The molecule has 0 fully saturated rings. The molecule has 0 aliphatic carbocycles. The van der Waals surface area contributed by atoms with Gasteiger partial charge in [0, 0.05) is 21.1 Å². The molecule has 0 aliphatic heterocycles. The van der Waals surface area contributed by atoms with Gasteiger partial charge in [-0.25, -0.2) is 0 Å². The fraction of sp³-hybridized carbons (Fsp3) is 0.462. The number of benzene rings is 1. The average molecular weight is 299 g/mol. The topological polar surface area (TPSA) is 69.7 Å². The molecule has 1 aromatic carbocycles. The van der Waals surface area contributed by atoms with E-state index < -0.39 is 10.2 Å². The number of amides is 1. The summed E-state index contributed by atoms with van der Waals surface area (Å²) in [6, 6.07) is 9.33. The van der Waals surface area contributed by atoms with Crippen molar-refractivity contribution in [3.8, 4) is 0 Å². The Balaban J connectivity index is 2.61. The minimum Gasteiger partial charge on any atom is -0.348 e. The minimum atomic E-state index is -3.57. The van der Waals surface area contributed by atoms with Crippen LogP contribution in [0.2, 0.25) is 0 Å². The lowest BCUT2D eigenvalue weighted by Crippen LogP contribution is -2.43. The second-order valence-corrected chi connectivity index (χ2v) is 7.00. The van der Waals surface area contributed by atoms with Gasteiger partial charge in [0.05, 0.1) is 12.6 Å². The van der Waals surface area contributed by atoms with E-state index in [2.05, 4.69) is 5.32 Å². The molecule has 0 heterocycles. The Labute approximate surface area is 120 Å². The Kier molecular flexibility index (Phi) is 5.67. The minimum absolute atomic E-state index is 0.167. The zero-order chi connectivity index (χ0) is 15.3. The normalized spacial score (nSPS) is 13.5. The third kappa shape index (κ3) is 4.29. The van der Waals surface area contributed by atoms with Gasteiger partial charge in [0.15, 0.2) is 0 Å². The molecule has 0 radical (unpaired) electrons. The Morgan fingerprint density at radius 3 is 2.25 bits per heavy atom. The predicted molar refractivity (Wildman–Crippen MR) is 78.2 cm³/mol. The summed E-state index contributed by atoms with van der Waals surface area (Å²) in [5.74, 6) is -0.339. The maximum atomic E-state index is 11.9. The van der Waals surface area contributed by atoms with E-state index in [1.165, 1.54) is 21.1 Å². The van der Waals surface area contributed by atoms with Crippen LogP contribution in [0, 0.1) is 0 Å². The maximum absolute atomic E-state index is 11.9. The van der Waals surface area contributed by atoms with Crippen LogP contribution in [0.5, 0.6) is 0 Å². The van der Waals surface area contributed by atoms with E-state index in [-0.39, 0.29) is 18.5 Å². The molecule has 112 valence electrons. The Hall–Kier alpha value is -1.44. The molecule has 0 aromatic heterocycles. The van der Waals surface area contributed by atoms with Crippen molar-refractivity contribution in [1.82, 2.24) is 13.9 Å². The van der Waals surface area contributed by atoms with Gasteiger partial charge in [-0.15, -0.1) is 0 Å². The first-order valence-electron chi connectivity index (χ1n) is 6.23. The number of carbonyl (C=O) groups is 1. The number of hydrogen-bond donors (Lipinski definition) is 1. The molecule has 7 heteroatoms. The molecular weight excluding hydrogens is 278 g/mol. The van der Waals surface area contributed by atoms with Crippen LogP contribution in [0.15, 0.2) is 30.3 Å². The highest BCUT2D eigenvalue weighted by atomic mass is 32.2. The van der Waals surface area contributed by atoms with Crippen LogP contribution in [0.3, 0.4) is 0 Å². The van der Waals surface area contributed by atoms with Crippen molar-refractivity contribution in [1.29, 1.82) is 0 Å². The molecule has 0 spiro atoms. The first kappa shape index (κ1) is 16.6. The highest BCUT2D eigenvalue weighted by Crippen LogP contribution is 2.11. The summed E-state index contributed by atoms with van der Waals surface area (Å²) in [5, 5.41) is 2.77. The Morgan fingerprint density at radius 2 is 1.75 bits per heavy atom. The lowest BCUT2D eigenvalue weighted by atomic mass is 10.1. The SMILES string of the molecule is C[C@H](NC(=O)CN(C)S(=O)(=O)N(C)C)c1ccccc1. The molecule has 1 rings (SSSR count). The summed E-state index contributed by atoms with van der Waals surface area (Å²) < 4.78 is 25.7. The summed E-state index contributed by atoms with van der Waals surface area (Å²) in [6.45, 7) is 1.64. The van der Waals surface area contributed by atoms with Crippen LogP contribution in [0.25, 0.3) is 0 Å². The summed E-state index contributed by atoms with van der Waals surface area (Å²) in [5.41, 5.74) is 0.971. The van der Waals surface area contributed by atoms with Gasteiger partial charge in [-0.05, 0) is 12.5 Å². The third-order valence-corrected chi connectivity index (χ3v) is 4.74. The van der Waals surface area contributed by atoms with Crippen LogP contribution in [0.1, 0.15) is 18.5 Å². The standard InChI is InChI=1S/C13H21N3O3S/c1-11(12-8-6-5-7-9-12)14-13(17)10-16(4)20(18,19)15(2)3/h5-9,11H,10H2,1-4H3,(H,14,17)/t11-/m0/s1. The second kappa shape index (κ2) is 6.83. The smallest absolute Gasteiger partial charge is 0.281 e. The van der Waals surface area contributed by atoms with E-state index in [4.69, 9.17) is 0 Å². The van der Waals surface area contributed by atoms with E-state index >= 15 is 0 Å². The number of nitrogens with zero attached hydrogens (tertiary/aromatic N) is 2. The Bertz CT molecular complexity index is 543. The lowest BCUT2D eigenvalue weighted by molar-refractivity contribution is -0.121. The molecule has 0 bridgehead atoms. The van der Waals surface area contributed by atoms with Crippen molar-refractivity contribution >= 4 is 16.1 Å². The van der Waals surface area contributed by atoms with Crippen molar-refractivity contribution in [3.05, 3.63) is 35.9 Å². The van der Waals surface area contributed by atoms with Crippen molar-refractivity contribution in [2.45, 2.75) is 13.0 Å². The van der Waals surface area contributed by atoms with Gasteiger partial charge in [0.2, 0.25) is 5.91 Å². The number of carbonyl (C=O) groups excluding carboxylic acids is 1. The van der Waals surface area contributed by atoms with Crippen molar-refractivity contribution in [2.75, 3.05) is 27.7 Å². The monoisotopic (exact) mass is 299 g/mol. The first-order valence-corrected chi connectivity index (χ1v) is 7.63. The van der Waals surface area contributed by atoms with E-state index in [9.17, 15) is 13.2 Å². The third-order valence-electron chi connectivity index (χ3n) is 2.90. The van der Waals surface area contributed by atoms with Crippen molar-refractivity contribution < 1.29 is 13.2 Å². The highest BCUT2D eigenvalue weighted by Gasteiger charge is 2.23. The van der Waals surface area contributed by atoms with Crippen LogP contribution in [-0.4, -0.2) is 50.6 Å². The van der Waals surface area contributed by atoms with E-state index in [1.807, 2.05) is 37.3 Å². The number of nitrogens with one attached hydrogen (secondary N) is 1. The molecule has 1 amide bonds. The largest absolute Gasteiger partial charge is 0.348 e. The molecule has 0 aliphatic rings. The zero-order valence-electron chi connectivity index (χ0n) is 12.2. The number of hydrogen-bond acceptors (Lipinski definition) is 3. The number of likely N-dealkylation sites (N-methyl/N-ethyl adjacent to an activating group) is 1.